The molecule has 2 heterocycles. The summed E-state index contributed by atoms with van der Waals surface area (Å²) >= 11 is 1.58. The highest BCUT2D eigenvalue weighted by Gasteiger charge is 2.23. The molecule has 2 aromatic rings. The van der Waals surface area contributed by atoms with Crippen molar-refractivity contribution >= 4 is 45.5 Å². The molecule has 0 unspecified atom stereocenters. The second kappa shape index (κ2) is 7.90. The summed E-state index contributed by atoms with van der Waals surface area (Å²) in [5.74, 6) is 0.149. The smallest absolute Gasteiger partial charge is 0.223 e. The first kappa shape index (κ1) is 17.9. The van der Waals surface area contributed by atoms with Crippen LogP contribution in [-0.4, -0.2) is 42.3 Å². The molecule has 124 valence electrons. The van der Waals surface area contributed by atoms with E-state index in [0.717, 1.165) is 35.3 Å². The number of amides is 1. The molecule has 1 atom stereocenters. The second-order valence-electron chi connectivity index (χ2n) is 5.71. The number of piperazine rings is 1. The molecule has 1 aromatic carbocycles. The standard InChI is InChI=1S/C17H20N2O2S.ClH/c1-12-10-18-8-9-19(12)17(21)7-6-15(20)14-11-22-16-5-3-2-4-13(14)16;/h2-5,11-12,18H,6-10H2,1H3;1H/t12-;/m1./s1. The molecule has 1 aliphatic rings. The minimum Gasteiger partial charge on any atom is -0.337 e. The van der Waals surface area contributed by atoms with E-state index < -0.39 is 0 Å². The molecule has 23 heavy (non-hydrogen) atoms. The molecular formula is C17H21ClN2O2S. The zero-order chi connectivity index (χ0) is 15.5. The second-order valence-corrected chi connectivity index (χ2v) is 6.62. The summed E-state index contributed by atoms with van der Waals surface area (Å²) in [6.07, 6.45) is 0.587. The Morgan fingerprint density at radius 2 is 2.09 bits per heavy atom. The van der Waals surface area contributed by atoms with Gasteiger partial charge in [-0.15, -0.1) is 23.7 Å². The van der Waals surface area contributed by atoms with Gasteiger partial charge in [0.25, 0.3) is 0 Å². The largest absolute Gasteiger partial charge is 0.337 e. The number of Topliss-reactive ketones (excluding diaryl/α,β-unsaturated/α-hetero) is 1. The van der Waals surface area contributed by atoms with Gasteiger partial charge in [-0.05, 0) is 13.0 Å². The minimum atomic E-state index is 0. The highest BCUT2D eigenvalue weighted by atomic mass is 35.5. The van der Waals surface area contributed by atoms with Crippen LogP contribution in [0.1, 0.15) is 30.1 Å². The quantitative estimate of drug-likeness (QED) is 0.860. The molecule has 0 spiro atoms. The number of halogens is 1. The van der Waals surface area contributed by atoms with Gasteiger partial charge in [-0.3, -0.25) is 9.59 Å². The molecule has 0 aliphatic carbocycles. The fourth-order valence-electron chi connectivity index (χ4n) is 2.90. The highest BCUT2D eigenvalue weighted by Crippen LogP contribution is 2.27. The van der Waals surface area contributed by atoms with E-state index in [1.807, 2.05) is 41.5 Å². The van der Waals surface area contributed by atoms with Gasteiger partial charge in [-0.1, -0.05) is 18.2 Å². The van der Waals surface area contributed by atoms with E-state index in [1.54, 1.807) is 11.3 Å². The van der Waals surface area contributed by atoms with Gasteiger partial charge in [0.1, 0.15) is 0 Å². The van der Waals surface area contributed by atoms with Crippen molar-refractivity contribution in [1.29, 1.82) is 0 Å². The summed E-state index contributed by atoms with van der Waals surface area (Å²) < 4.78 is 1.12. The Morgan fingerprint density at radius 1 is 1.30 bits per heavy atom. The number of ketones is 1. The lowest BCUT2D eigenvalue weighted by atomic mass is 10.0. The Balaban J connectivity index is 0.00000192. The van der Waals surface area contributed by atoms with Gasteiger partial charge < -0.3 is 10.2 Å². The van der Waals surface area contributed by atoms with Crippen molar-refractivity contribution in [3.8, 4) is 0 Å². The van der Waals surface area contributed by atoms with E-state index in [2.05, 4.69) is 5.32 Å². The molecule has 1 aromatic heterocycles. The van der Waals surface area contributed by atoms with E-state index >= 15 is 0 Å². The maximum atomic E-state index is 12.4. The third kappa shape index (κ3) is 3.91. The van der Waals surface area contributed by atoms with Crippen molar-refractivity contribution in [3.05, 3.63) is 35.2 Å². The number of nitrogens with one attached hydrogen (secondary N) is 1. The monoisotopic (exact) mass is 352 g/mol. The lowest BCUT2D eigenvalue weighted by Gasteiger charge is -2.34. The first-order valence-corrected chi connectivity index (χ1v) is 8.54. The molecule has 1 N–H and O–H groups in total. The topological polar surface area (TPSA) is 49.4 Å². The van der Waals surface area contributed by atoms with Gasteiger partial charge >= 0.3 is 0 Å². The summed E-state index contributed by atoms with van der Waals surface area (Å²) in [5.41, 5.74) is 0.752. The first-order valence-electron chi connectivity index (χ1n) is 7.66. The Hall–Kier alpha value is -1.43. The summed E-state index contributed by atoms with van der Waals surface area (Å²) in [7, 11) is 0. The van der Waals surface area contributed by atoms with Crippen LogP contribution in [0.15, 0.2) is 29.6 Å². The lowest BCUT2D eigenvalue weighted by Crippen LogP contribution is -2.52. The van der Waals surface area contributed by atoms with Gasteiger partial charge in [-0.2, -0.15) is 0 Å². The van der Waals surface area contributed by atoms with Crippen molar-refractivity contribution < 1.29 is 9.59 Å². The average molecular weight is 353 g/mol. The summed E-state index contributed by atoms with van der Waals surface area (Å²) in [5, 5.41) is 6.18. The number of benzene rings is 1. The van der Waals surface area contributed by atoms with E-state index in [1.165, 1.54) is 0 Å². The Bertz CT molecular complexity index is 701. The number of rotatable bonds is 4. The summed E-state index contributed by atoms with van der Waals surface area (Å²) in [6.45, 7) is 4.43. The molecular weight excluding hydrogens is 332 g/mol. The van der Waals surface area contributed by atoms with Gasteiger partial charge in [0, 0.05) is 59.5 Å². The fourth-order valence-corrected chi connectivity index (χ4v) is 3.87. The van der Waals surface area contributed by atoms with Crippen molar-refractivity contribution in [1.82, 2.24) is 10.2 Å². The predicted molar refractivity (Wildman–Crippen MR) is 96.7 cm³/mol. The van der Waals surface area contributed by atoms with Crippen molar-refractivity contribution in [2.24, 2.45) is 0 Å². The SMILES string of the molecule is C[C@@H]1CNCCN1C(=O)CCC(=O)c1csc2ccccc12.Cl. The number of carbonyl (C=O) groups excluding carboxylic acids is 2. The van der Waals surface area contributed by atoms with Gasteiger partial charge in [0.05, 0.1) is 0 Å². The molecule has 0 radical (unpaired) electrons. The maximum Gasteiger partial charge on any atom is 0.223 e. The van der Waals surface area contributed by atoms with Crippen LogP contribution in [0.3, 0.4) is 0 Å². The molecule has 4 nitrogen and oxygen atoms in total. The number of fused-ring (bicyclic) bond motifs is 1. The minimum absolute atomic E-state index is 0. The van der Waals surface area contributed by atoms with Crippen molar-refractivity contribution in [2.75, 3.05) is 19.6 Å². The molecule has 1 saturated heterocycles. The Morgan fingerprint density at radius 3 is 2.87 bits per heavy atom. The van der Waals surface area contributed by atoms with E-state index in [9.17, 15) is 9.59 Å². The van der Waals surface area contributed by atoms with Crippen LogP contribution in [0.2, 0.25) is 0 Å². The molecule has 1 aliphatic heterocycles. The third-order valence-electron chi connectivity index (χ3n) is 4.17. The molecule has 1 fully saturated rings. The zero-order valence-electron chi connectivity index (χ0n) is 13.1. The van der Waals surface area contributed by atoms with Gasteiger partial charge in [-0.25, -0.2) is 0 Å². The molecule has 0 bridgehead atoms. The number of thiophene rings is 1. The van der Waals surface area contributed by atoms with E-state index in [-0.39, 0.29) is 36.6 Å². The first-order chi connectivity index (χ1) is 10.7. The van der Waals surface area contributed by atoms with E-state index in [0.29, 0.717) is 6.42 Å². The summed E-state index contributed by atoms with van der Waals surface area (Å²) in [4.78, 5) is 26.6. The van der Waals surface area contributed by atoms with Crippen LogP contribution in [0.5, 0.6) is 0 Å². The van der Waals surface area contributed by atoms with Crippen LogP contribution in [0.4, 0.5) is 0 Å². The average Bonchev–Trinajstić information content (AvgIpc) is 2.97. The number of nitrogens with zero attached hydrogens (tertiary/aromatic N) is 1. The van der Waals surface area contributed by atoms with Crippen molar-refractivity contribution in [3.63, 3.8) is 0 Å². The maximum absolute atomic E-state index is 12.4. The molecule has 3 rings (SSSR count). The highest BCUT2D eigenvalue weighted by molar-refractivity contribution is 7.17. The normalized spacial score (nSPS) is 17.8. The Labute approximate surface area is 146 Å². The van der Waals surface area contributed by atoms with E-state index in [4.69, 9.17) is 0 Å². The summed E-state index contributed by atoms with van der Waals surface area (Å²) in [6, 6.07) is 8.11. The molecule has 6 heteroatoms. The third-order valence-corrected chi connectivity index (χ3v) is 5.13. The predicted octanol–water partition coefficient (Wildman–Crippen LogP) is 3.11. The van der Waals surface area contributed by atoms with Gasteiger partial charge in [0.2, 0.25) is 5.91 Å². The lowest BCUT2D eigenvalue weighted by molar-refractivity contribution is -0.133. The van der Waals surface area contributed by atoms with Crippen LogP contribution >= 0.6 is 23.7 Å². The van der Waals surface area contributed by atoms with Crippen molar-refractivity contribution in [2.45, 2.75) is 25.8 Å². The van der Waals surface area contributed by atoms with Gasteiger partial charge in [0.15, 0.2) is 5.78 Å². The zero-order valence-corrected chi connectivity index (χ0v) is 14.7. The number of carbonyl (C=O) groups is 2. The Kier molecular flexibility index (Phi) is 6.16. The van der Waals surface area contributed by atoms with Crippen LogP contribution < -0.4 is 5.32 Å². The number of hydrogen-bond donors (Lipinski definition) is 1. The van der Waals surface area contributed by atoms with Crippen LogP contribution in [-0.2, 0) is 4.79 Å². The van der Waals surface area contributed by atoms with Crippen LogP contribution in [0, 0.1) is 0 Å². The molecule has 1 amide bonds. The fraction of sp³-hybridized carbons (Fsp3) is 0.412. The number of hydrogen-bond acceptors (Lipinski definition) is 4. The van der Waals surface area contributed by atoms with Crippen LogP contribution in [0.25, 0.3) is 10.1 Å². The molecule has 0 saturated carbocycles.